The molecule has 0 bridgehead atoms. The quantitative estimate of drug-likeness (QED) is 0.170. The summed E-state index contributed by atoms with van der Waals surface area (Å²) in [6.07, 6.45) is 1.61. The minimum Gasteiger partial charge on any atom is -0.462 e. The number of Topliss-reactive ketones (excluding diaryl/α,β-unsaturated/α-hetero) is 1. The molecule has 1 heterocycles. The Morgan fingerprint density at radius 3 is 2.50 bits per heavy atom. The number of anilines is 1. The summed E-state index contributed by atoms with van der Waals surface area (Å²) in [5.74, 6) is -2.78. The predicted octanol–water partition coefficient (Wildman–Crippen LogP) is 3.33. The first kappa shape index (κ1) is 24.6. The Morgan fingerprint density at radius 2 is 1.82 bits per heavy atom. The first-order valence-corrected chi connectivity index (χ1v) is 10.8. The average molecular weight is 468 g/mol. The fourth-order valence-corrected chi connectivity index (χ4v) is 3.42. The van der Waals surface area contributed by atoms with E-state index < -0.39 is 35.2 Å². The molecule has 0 aliphatic carbocycles. The number of nitro benzene ring substituents is 1. The van der Waals surface area contributed by atoms with Crippen molar-refractivity contribution in [3.8, 4) is 0 Å². The highest BCUT2D eigenvalue weighted by Gasteiger charge is 2.36. The molecule has 0 saturated carbocycles. The summed E-state index contributed by atoms with van der Waals surface area (Å²) in [4.78, 5) is 60.8. The molecule has 0 N–H and O–H groups in total. The van der Waals surface area contributed by atoms with Gasteiger partial charge in [0.2, 0.25) is 11.7 Å². The second-order valence-corrected chi connectivity index (χ2v) is 7.78. The Bertz CT molecular complexity index is 1100. The first-order valence-electron chi connectivity index (χ1n) is 10.8. The molecule has 1 saturated heterocycles. The molecule has 1 atom stereocenters. The van der Waals surface area contributed by atoms with Gasteiger partial charge in [0.05, 0.1) is 23.0 Å². The SMILES string of the molecule is CCCCOC(=O)c1ccc(N2C[C@@H](C(=O)OCC(=O)c3cccc([N+](=O)[O-])c3)CC2=O)cc1. The number of hydrogen-bond donors (Lipinski definition) is 0. The van der Waals surface area contributed by atoms with Gasteiger partial charge in [-0.15, -0.1) is 0 Å². The van der Waals surface area contributed by atoms with E-state index in [0.29, 0.717) is 17.9 Å². The van der Waals surface area contributed by atoms with Crippen LogP contribution in [-0.2, 0) is 19.1 Å². The molecule has 0 spiro atoms. The number of carbonyl (C=O) groups excluding carboxylic acids is 4. The Balaban J connectivity index is 1.55. The summed E-state index contributed by atoms with van der Waals surface area (Å²) in [6.45, 7) is 1.82. The minimum atomic E-state index is -0.760. The van der Waals surface area contributed by atoms with Crippen molar-refractivity contribution in [2.24, 2.45) is 5.92 Å². The Morgan fingerprint density at radius 1 is 1.09 bits per heavy atom. The Labute approximate surface area is 195 Å². The van der Waals surface area contributed by atoms with Gasteiger partial charge < -0.3 is 14.4 Å². The molecule has 1 amide bonds. The van der Waals surface area contributed by atoms with Crippen molar-refractivity contribution < 1.29 is 33.6 Å². The zero-order valence-corrected chi connectivity index (χ0v) is 18.6. The van der Waals surface area contributed by atoms with Crippen LogP contribution in [0.2, 0.25) is 0 Å². The lowest BCUT2D eigenvalue weighted by Crippen LogP contribution is -2.27. The monoisotopic (exact) mass is 468 g/mol. The molecule has 10 nitrogen and oxygen atoms in total. The normalized spacial score (nSPS) is 15.1. The van der Waals surface area contributed by atoms with Crippen molar-refractivity contribution in [3.63, 3.8) is 0 Å². The second-order valence-electron chi connectivity index (χ2n) is 7.78. The van der Waals surface area contributed by atoms with Gasteiger partial charge in [-0.05, 0) is 30.7 Å². The summed E-state index contributed by atoms with van der Waals surface area (Å²) >= 11 is 0. The summed E-state index contributed by atoms with van der Waals surface area (Å²) in [5.41, 5.74) is 0.703. The molecule has 1 aliphatic heterocycles. The van der Waals surface area contributed by atoms with Gasteiger partial charge in [-0.3, -0.25) is 24.5 Å². The zero-order chi connectivity index (χ0) is 24.7. The summed E-state index contributed by atoms with van der Waals surface area (Å²) in [5, 5.41) is 10.8. The third-order valence-electron chi connectivity index (χ3n) is 5.33. The molecule has 2 aromatic carbocycles. The summed E-state index contributed by atoms with van der Waals surface area (Å²) < 4.78 is 10.2. The van der Waals surface area contributed by atoms with E-state index in [-0.39, 0.29) is 30.1 Å². The maximum absolute atomic E-state index is 12.4. The number of non-ortho nitro benzene ring substituents is 1. The van der Waals surface area contributed by atoms with E-state index >= 15 is 0 Å². The molecule has 3 rings (SSSR count). The van der Waals surface area contributed by atoms with Crippen LogP contribution in [0.3, 0.4) is 0 Å². The summed E-state index contributed by atoms with van der Waals surface area (Å²) in [7, 11) is 0. The topological polar surface area (TPSA) is 133 Å². The second kappa shape index (κ2) is 11.2. The Kier molecular flexibility index (Phi) is 8.07. The van der Waals surface area contributed by atoms with Gasteiger partial charge in [0.1, 0.15) is 0 Å². The minimum absolute atomic E-state index is 0.0550. The number of nitrogens with zero attached hydrogens (tertiary/aromatic N) is 2. The zero-order valence-electron chi connectivity index (χ0n) is 18.6. The third-order valence-corrected chi connectivity index (χ3v) is 5.33. The smallest absolute Gasteiger partial charge is 0.338 e. The molecule has 0 unspecified atom stereocenters. The van der Waals surface area contributed by atoms with Crippen LogP contribution in [-0.4, -0.2) is 48.3 Å². The molecule has 10 heteroatoms. The Hall–Kier alpha value is -4.08. The number of ketones is 1. The van der Waals surface area contributed by atoms with Crippen molar-refractivity contribution >= 4 is 35.0 Å². The van der Waals surface area contributed by atoms with E-state index in [0.717, 1.165) is 18.9 Å². The highest BCUT2D eigenvalue weighted by atomic mass is 16.6. The van der Waals surface area contributed by atoms with Crippen molar-refractivity contribution in [2.75, 3.05) is 24.7 Å². The van der Waals surface area contributed by atoms with Crippen LogP contribution in [0.1, 0.15) is 46.9 Å². The molecule has 1 aliphatic rings. The lowest BCUT2D eigenvalue weighted by atomic mass is 10.1. The van der Waals surface area contributed by atoms with Crippen molar-refractivity contribution in [3.05, 3.63) is 69.8 Å². The van der Waals surface area contributed by atoms with Crippen molar-refractivity contribution in [1.29, 1.82) is 0 Å². The average Bonchev–Trinajstić information content (AvgIpc) is 3.24. The molecule has 178 valence electrons. The highest BCUT2D eigenvalue weighted by Crippen LogP contribution is 2.26. The largest absolute Gasteiger partial charge is 0.462 e. The molecular weight excluding hydrogens is 444 g/mol. The number of amides is 1. The number of unbranched alkanes of at least 4 members (excludes halogenated alkanes) is 1. The van der Waals surface area contributed by atoms with Gasteiger partial charge in [0.25, 0.3) is 5.69 Å². The lowest BCUT2D eigenvalue weighted by molar-refractivity contribution is -0.384. The molecule has 34 heavy (non-hydrogen) atoms. The van der Waals surface area contributed by atoms with Gasteiger partial charge in [-0.1, -0.05) is 25.5 Å². The van der Waals surface area contributed by atoms with E-state index in [1.165, 1.54) is 23.1 Å². The standard InChI is InChI=1S/C24H24N2O8/c1-2-3-11-33-23(29)16-7-9-19(10-8-16)25-14-18(13-22(25)28)24(30)34-15-21(27)17-5-4-6-20(12-17)26(31)32/h4-10,12,18H,2-3,11,13-15H2,1H3/t18-/m0/s1. The van der Waals surface area contributed by atoms with Gasteiger partial charge in [-0.2, -0.15) is 0 Å². The van der Waals surface area contributed by atoms with Crippen LogP contribution in [0, 0.1) is 16.0 Å². The first-order chi connectivity index (χ1) is 16.3. The molecule has 1 fully saturated rings. The van der Waals surface area contributed by atoms with Crippen LogP contribution in [0.25, 0.3) is 0 Å². The lowest BCUT2D eigenvalue weighted by Gasteiger charge is -2.17. The van der Waals surface area contributed by atoms with Crippen LogP contribution < -0.4 is 4.90 Å². The van der Waals surface area contributed by atoms with E-state index in [1.807, 2.05) is 6.92 Å². The maximum atomic E-state index is 12.4. The molecule has 0 aromatic heterocycles. The number of rotatable bonds is 10. The van der Waals surface area contributed by atoms with Gasteiger partial charge in [-0.25, -0.2) is 4.79 Å². The van der Waals surface area contributed by atoms with Gasteiger partial charge >= 0.3 is 11.9 Å². The number of nitro groups is 1. The van der Waals surface area contributed by atoms with Crippen LogP contribution in [0.4, 0.5) is 11.4 Å². The number of esters is 2. The maximum Gasteiger partial charge on any atom is 0.338 e. The van der Waals surface area contributed by atoms with Gasteiger partial charge in [0.15, 0.2) is 6.61 Å². The number of benzene rings is 2. The number of ether oxygens (including phenoxy) is 2. The van der Waals surface area contributed by atoms with Crippen molar-refractivity contribution in [1.82, 2.24) is 0 Å². The van der Waals surface area contributed by atoms with Gasteiger partial charge in [0, 0.05) is 36.3 Å². The predicted molar refractivity (Wildman–Crippen MR) is 120 cm³/mol. The van der Waals surface area contributed by atoms with Crippen LogP contribution in [0.15, 0.2) is 48.5 Å². The highest BCUT2D eigenvalue weighted by molar-refractivity contribution is 6.01. The molecule has 2 aromatic rings. The number of hydrogen-bond acceptors (Lipinski definition) is 8. The molecular formula is C24H24N2O8. The van der Waals surface area contributed by atoms with Crippen LogP contribution >= 0.6 is 0 Å². The van der Waals surface area contributed by atoms with E-state index in [2.05, 4.69) is 0 Å². The van der Waals surface area contributed by atoms with E-state index in [9.17, 15) is 29.3 Å². The fourth-order valence-electron chi connectivity index (χ4n) is 3.42. The van der Waals surface area contributed by atoms with Crippen molar-refractivity contribution in [2.45, 2.75) is 26.2 Å². The number of carbonyl (C=O) groups is 4. The summed E-state index contributed by atoms with van der Waals surface area (Å²) in [6, 6.07) is 11.5. The molecule has 0 radical (unpaired) electrons. The third kappa shape index (κ3) is 6.03. The van der Waals surface area contributed by atoms with E-state index in [1.54, 1.807) is 24.3 Å². The fraction of sp³-hybridized carbons (Fsp3) is 0.333. The van der Waals surface area contributed by atoms with Crippen LogP contribution in [0.5, 0.6) is 0 Å². The van der Waals surface area contributed by atoms with E-state index in [4.69, 9.17) is 9.47 Å².